The first-order valence-electron chi connectivity index (χ1n) is 3.70. The van der Waals surface area contributed by atoms with Crippen molar-refractivity contribution in [3.63, 3.8) is 0 Å². The van der Waals surface area contributed by atoms with Crippen molar-refractivity contribution >= 4 is 0 Å². The molecule has 0 radical (unpaired) electrons. The topological polar surface area (TPSA) is 38.9 Å². The van der Waals surface area contributed by atoms with Crippen LogP contribution in [0, 0.1) is 6.92 Å². The summed E-state index contributed by atoms with van der Waals surface area (Å²) in [6, 6.07) is 5.63. The number of pyridine rings is 1. The molecule has 3 nitrogen and oxygen atoms in total. The van der Waals surface area contributed by atoms with Gasteiger partial charge in [0, 0.05) is 6.20 Å². The molecule has 0 aliphatic heterocycles. The lowest BCUT2D eigenvalue weighted by molar-refractivity contribution is 0.540. The summed E-state index contributed by atoms with van der Waals surface area (Å²) in [7, 11) is 0. The molecular formula is C9H8N2O. The van der Waals surface area contributed by atoms with Crippen LogP contribution in [0.3, 0.4) is 0 Å². The van der Waals surface area contributed by atoms with Gasteiger partial charge in [-0.15, -0.1) is 0 Å². The Hall–Kier alpha value is -1.64. The van der Waals surface area contributed by atoms with E-state index in [1.165, 1.54) is 0 Å². The third-order valence-corrected chi connectivity index (χ3v) is 1.51. The van der Waals surface area contributed by atoms with Crippen LogP contribution >= 0.6 is 0 Å². The molecule has 60 valence electrons. The fourth-order valence-electron chi connectivity index (χ4n) is 0.962. The minimum atomic E-state index is 0.577. The molecule has 0 aliphatic carbocycles. The largest absolute Gasteiger partial charge is 0.440 e. The highest BCUT2D eigenvalue weighted by Crippen LogP contribution is 2.14. The fourth-order valence-corrected chi connectivity index (χ4v) is 0.962. The molecule has 2 rings (SSSR count). The van der Waals surface area contributed by atoms with Crippen molar-refractivity contribution in [3.05, 3.63) is 36.4 Å². The van der Waals surface area contributed by atoms with Crippen LogP contribution in [0.2, 0.25) is 0 Å². The second kappa shape index (κ2) is 2.77. The van der Waals surface area contributed by atoms with E-state index >= 15 is 0 Å². The molecule has 2 aromatic rings. The third-order valence-electron chi connectivity index (χ3n) is 1.51. The zero-order chi connectivity index (χ0) is 8.39. The maximum absolute atomic E-state index is 5.30. The molecule has 0 saturated carbocycles. The summed E-state index contributed by atoms with van der Waals surface area (Å²) < 4.78 is 5.30. The summed E-state index contributed by atoms with van der Waals surface area (Å²) in [5.41, 5.74) is 0.769. The number of nitrogens with zero attached hydrogens (tertiary/aromatic N) is 2. The molecular weight excluding hydrogens is 152 g/mol. The fraction of sp³-hybridized carbons (Fsp3) is 0.111. The lowest BCUT2D eigenvalue weighted by Crippen LogP contribution is -1.79. The second-order valence-corrected chi connectivity index (χ2v) is 2.49. The van der Waals surface area contributed by atoms with Gasteiger partial charge in [-0.25, -0.2) is 4.98 Å². The van der Waals surface area contributed by atoms with Gasteiger partial charge in [0.05, 0.1) is 6.20 Å². The Morgan fingerprint density at radius 3 is 2.75 bits per heavy atom. The summed E-state index contributed by atoms with van der Waals surface area (Å²) in [6.07, 6.45) is 3.40. The molecule has 0 unspecified atom stereocenters. The minimum Gasteiger partial charge on any atom is -0.440 e. The van der Waals surface area contributed by atoms with E-state index in [1.807, 2.05) is 25.1 Å². The first-order valence-corrected chi connectivity index (χ1v) is 3.70. The van der Waals surface area contributed by atoms with Gasteiger partial charge in [0.1, 0.15) is 11.5 Å². The Bertz CT molecular complexity index is 367. The van der Waals surface area contributed by atoms with Crippen molar-refractivity contribution in [2.24, 2.45) is 0 Å². The van der Waals surface area contributed by atoms with Gasteiger partial charge in [-0.05, 0) is 19.1 Å². The minimum absolute atomic E-state index is 0.577. The van der Waals surface area contributed by atoms with Gasteiger partial charge >= 0.3 is 0 Å². The Morgan fingerprint density at radius 2 is 2.17 bits per heavy atom. The molecule has 2 heterocycles. The molecule has 12 heavy (non-hydrogen) atoms. The Balaban J connectivity index is 2.45. The van der Waals surface area contributed by atoms with E-state index < -0.39 is 0 Å². The lowest BCUT2D eigenvalue weighted by atomic mass is 10.3. The zero-order valence-electron chi connectivity index (χ0n) is 6.69. The van der Waals surface area contributed by atoms with E-state index in [4.69, 9.17) is 4.42 Å². The maximum Gasteiger partial charge on any atom is 0.245 e. The molecule has 0 aliphatic rings. The number of rotatable bonds is 1. The lowest BCUT2D eigenvalue weighted by Gasteiger charge is -1.90. The summed E-state index contributed by atoms with van der Waals surface area (Å²) in [5.74, 6) is 1.38. The van der Waals surface area contributed by atoms with Gasteiger partial charge in [0.15, 0.2) is 0 Å². The van der Waals surface area contributed by atoms with Crippen molar-refractivity contribution in [3.8, 4) is 11.6 Å². The second-order valence-electron chi connectivity index (χ2n) is 2.49. The maximum atomic E-state index is 5.30. The van der Waals surface area contributed by atoms with Crippen molar-refractivity contribution < 1.29 is 4.42 Å². The van der Waals surface area contributed by atoms with Crippen LogP contribution in [0.25, 0.3) is 11.6 Å². The standard InChI is InChI=1S/C9H8N2O/c1-7-6-11-9(12-7)8-4-2-3-5-10-8/h2-6H,1H3. The highest BCUT2D eigenvalue weighted by molar-refractivity contribution is 5.45. The molecule has 0 aromatic carbocycles. The summed E-state index contributed by atoms with van der Waals surface area (Å²) in [4.78, 5) is 8.16. The Labute approximate surface area is 70.1 Å². The Kier molecular flexibility index (Phi) is 1.63. The number of oxazole rings is 1. The van der Waals surface area contributed by atoms with Crippen LogP contribution < -0.4 is 0 Å². The van der Waals surface area contributed by atoms with Gasteiger partial charge in [-0.2, -0.15) is 0 Å². The van der Waals surface area contributed by atoms with E-state index in [2.05, 4.69) is 9.97 Å². The summed E-state index contributed by atoms with van der Waals surface area (Å²) in [6.45, 7) is 1.86. The van der Waals surface area contributed by atoms with Crippen LogP contribution in [-0.4, -0.2) is 9.97 Å². The number of hydrogen-bond acceptors (Lipinski definition) is 3. The predicted molar refractivity (Wildman–Crippen MR) is 44.5 cm³/mol. The molecule has 0 N–H and O–H groups in total. The van der Waals surface area contributed by atoms with Gasteiger partial charge < -0.3 is 4.42 Å². The quantitative estimate of drug-likeness (QED) is 0.640. The van der Waals surface area contributed by atoms with Gasteiger partial charge in [0.25, 0.3) is 0 Å². The molecule has 0 amide bonds. The monoisotopic (exact) mass is 160 g/mol. The predicted octanol–water partition coefficient (Wildman–Crippen LogP) is 2.05. The van der Waals surface area contributed by atoms with E-state index in [-0.39, 0.29) is 0 Å². The number of aryl methyl sites for hydroxylation is 1. The van der Waals surface area contributed by atoms with Crippen LogP contribution in [0.15, 0.2) is 35.0 Å². The zero-order valence-corrected chi connectivity index (χ0v) is 6.69. The van der Waals surface area contributed by atoms with Crippen LogP contribution in [0.4, 0.5) is 0 Å². The smallest absolute Gasteiger partial charge is 0.245 e. The van der Waals surface area contributed by atoms with E-state index in [0.29, 0.717) is 5.89 Å². The van der Waals surface area contributed by atoms with Crippen LogP contribution in [0.5, 0.6) is 0 Å². The third kappa shape index (κ3) is 1.21. The number of hydrogen-bond donors (Lipinski definition) is 0. The SMILES string of the molecule is Cc1cnc(-c2ccccn2)o1. The molecule has 0 spiro atoms. The molecule has 0 atom stereocenters. The van der Waals surface area contributed by atoms with E-state index in [9.17, 15) is 0 Å². The highest BCUT2D eigenvalue weighted by atomic mass is 16.4. The first kappa shape index (κ1) is 7.03. The van der Waals surface area contributed by atoms with Crippen LogP contribution in [0.1, 0.15) is 5.76 Å². The highest BCUT2D eigenvalue weighted by Gasteiger charge is 2.03. The van der Waals surface area contributed by atoms with Crippen LogP contribution in [-0.2, 0) is 0 Å². The molecule has 3 heteroatoms. The summed E-state index contributed by atoms with van der Waals surface area (Å²) >= 11 is 0. The van der Waals surface area contributed by atoms with Gasteiger partial charge in [-0.1, -0.05) is 6.07 Å². The van der Waals surface area contributed by atoms with E-state index in [1.54, 1.807) is 12.4 Å². The average molecular weight is 160 g/mol. The normalized spacial score (nSPS) is 10.1. The molecule has 0 fully saturated rings. The Morgan fingerprint density at radius 1 is 1.25 bits per heavy atom. The average Bonchev–Trinajstić information content (AvgIpc) is 2.54. The van der Waals surface area contributed by atoms with Crippen molar-refractivity contribution in [2.75, 3.05) is 0 Å². The van der Waals surface area contributed by atoms with Gasteiger partial charge in [0.2, 0.25) is 5.89 Å². The number of aromatic nitrogens is 2. The van der Waals surface area contributed by atoms with Gasteiger partial charge in [-0.3, -0.25) is 4.98 Å². The van der Waals surface area contributed by atoms with E-state index in [0.717, 1.165) is 11.5 Å². The summed E-state index contributed by atoms with van der Waals surface area (Å²) in [5, 5.41) is 0. The van der Waals surface area contributed by atoms with Crippen molar-refractivity contribution in [1.29, 1.82) is 0 Å². The first-order chi connectivity index (χ1) is 5.86. The molecule has 0 saturated heterocycles. The molecule has 0 bridgehead atoms. The van der Waals surface area contributed by atoms with Crippen molar-refractivity contribution in [2.45, 2.75) is 6.92 Å². The molecule has 2 aromatic heterocycles. The van der Waals surface area contributed by atoms with Crippen molar-refractivity contribution in [1.82, 2.24) is 9.97 Å².